The number of hydrogen-bond acceptors (Lipinski definition) is 2. The van der Waals surface area contributed by atoms with Crippen molar-refractivity contribution < 1.29 is 9.59 Å². The number of nitrogens with zero attached hydrogens (tertiary/aromatic N) is 1. The van der Waals surface area contributed by atoms with Gasteiger partial charge < -0.3 is 10.6 Å². The molecule has 0 saturated carbocycles. The Bertz CT molecular complexity index is 437. The van der Waals surface area contributed by atoms with E-state index in [0.717, 1.165) is 5.56 Å². The van der Waals surface area contributed by atoms with Crippen LogP contribution in [0.15, 0.2) is 30.3 Å². The maximum Gasteiger partial charge on any atom is 0.226 e. The first-order valence-corrected chi connectivity index (χ1v) is 6.62. The van der Waals surface area contributed by atoms with Gasteiger partial charge in [-0.15, -0.1) is 0 Å². The highest BCUT2D eigenvalue weighted by atomic mass is 16.2. The predicted molar refractivity (Wildman–Crippen MR) is 72.9 cm³/mol. The van der Waals surface area contributed by atoms with Crippen LogP contribution in [0.3, 0.4) is 0 Å². The summed E-state index contributed by atoms with van der Waals surface area (Å²) in [6.07, 6.45) is 3.72. The average molecular weight is 259 g/mol. The number of amides is 2. The van der Waals surface area contributed by atoms with Crippen molar-refractivity contribution in [3.05, 3.63) is 42.3 Å². The topological polar surface area (TPSA) is 63.4 Å². The highest BCUT2D eigenvalue weighted by molar-refractivity contribution is 5.85. The summed E-state index contributed by atoms with van der Waals surface area (Å²) in [5.74, 6) is -0.273. The summed E-state index contributed by atoms with van der Waals surface area (Å²) in [5.41, 5.74) is 6.40. The predicted octanol–water partition coefficient (Wildman–Crippen LogP) is 1.16. The van der Waals surface area contributed by atoms with Gasteiger partial charge in [-0.05, 0) is 24.8 Å². The zero-order chi connectivity index (χ0) is 13.7. The number of carbonyl (C=O) groups excluding carboxylic acids is 2. The number of primary amides is 1. The Morgan fingerprint density at radius 1 is 1.21 bits per heavy atom. The molecule has 0 unspecified atom stereocenters. The van der Waals surface area contributed by atoms with Gasteiger partial charge >= 0.3 is 0 Å². The summed E-state index contributed by atoms with van der Waals surface area (Å²) in [6.45, 7) is 1.25. The van der Waals surface area contributed by atoms with Crippen molar-refractivity contribution in [2.45, 2.75) is 19.3 Å². The quantitative estimate of drug-likeness (QED) is 0.881. The van der Waals surface area contributed by atoms with E-state index in [1.54, 1.807) is 11.3 Å². The molecule has 2 rings (SSSR count). The van der Waals surface area contributed by atoms with E-state index in [1.165, 1.54) is 0 Å². The van der Waals surface area contributed by atoms with Crippen molar-refractivity contribution in [1.82, 2.24) is 4.90 Å². The highest BCUT2D eigenvalue weighted by Crippen LogP contribution is 2.17. The highest BCUT2D eigenvalue weighted by Gasteiger charge is 2.25. The van der Waals surface area contributed by atoms with Gasteiger partial charge in [0.1, 0.15) is 0 Å². The van der Waals surface area contributed by atoms with E-state index in [-0.39, 0.29) is 17.7 Å². The van der Waals surface area contributed by atoms with Crippen molar-refractivity contribution in [2.24, 2.45) is 11.7 Å². The summed E-state index contributed by atoms with van der Waals surface area (Å²) >= 11 is 0. The summed E-state index contributed by atoms with van der Waals surface area (Å²) in [5, 5.41) is 0. The van der Waals surface area contributed by atoms with E-state index in [2.05, 4.69) is 0 Å². The third-order valence-electron chi connectivity index (χ3n) is 3.56. The lowest BCUT2D eigenvalue weighted by atomic mass is 9.96. The number of hydrogen-bond donors (Lipinski definition) is 1. The third kappa shape index (κ3) is 3.81. The van der Waals surface area contributed by atoms with E-state index >= 15 is 0 Å². The molecule has 1 radical (unpaired) electrons. The zero-order valence-corrected chi connectivity index (χ0v) is 10.9. The molecule has 2 N–H and O–H groups in total. The minimum absolute atomic E-state index is 0.0479. The van der Waals surface area contributed by atoms with E-state index in [1.807, 2.05) is 30.3 Å². The van der Waals surface area contributed by atoms with Gasteiger partial charge in [-0.3, -0.25) is 9.59 Å². The molecule has 101 valence electrons. The Balaban J connectivity index is 1.77. The molecule has 1 aromatic rings. The minimum atomic E-state index is -0.250. The monoisotopic (exact) mass is 259 g/mol. The largest absolute Gasteiger partial charge is 0.369 e. The van der Waals surface area contributed by atoms with Gasteiger partial charge in [0.05, 0.1) is 6.42 Å². The molecular formula is C15H19N2O2. The molecule has 19 heavy (non-hydrogen) atoms. The molecule has 0 aliphatic carbocycles. The van der Waals surface area contributed by atoms with Crippen LogP contribution in [0.25, 0.3) is 0 Å². The molecule has 1 aromatic carbocycles. The number of piperidine rings is 1. The Kier molecular flexibility index (Phi) is 4.55. The van der Waals surface area contributed by atoms with Crippen LogP contribution >= 0.6 is 0 Å². The summed E-state index contributed by atoms with van der Waals surface area (Å²) in [6, 6.07) is 9.89. The zero-order valence-electron chi connectivity index (χ0n) is 10.9. The lowest BCUT2D eigenvalue weighted by Crippen LogP contribution is -2.42. The van der Waals surface area contributed by atoms with Crippen molar-refractivity contribution in [3.63, 3.8) is 0 Å². The van der Waals surface area contributed by atoms with Gasteiger partial charge in [-0.2, -0.15) is 0 Å². The first-order chi connectivity index (χ1) is 9.16. The third-order valence-corrected chi connectivity index (χ3v) is 3.56. The van der Waals surface area contributed by atoms with Crippen molar-refractivity contribution in [2.75, 3.05) is 13.1 Å². The van der Waals surface area contributed by atoms with Crippen LogP contribution in [0.5, 0.6) is 0 Å². The van der Waals surface area contributed by atoms with Gasteiger partial charge in [-0.1, -0.05) is 30.3 Å². The first-order valence-electron chi connectivity index (χ1n) is 6.62. The molecule has 0 atom stereocenters. The number of likely N-dealkylation sites (tertiary alicyclic amines) is 1. The molecule has 1 heterocycles. The molecule has 0 aromatic heterocycles. The van der Waals surface area contributed by atoms with Gasteiger partial charge in [0.2, 0.25) is 11.8 Å². The molecule has 1 aliphatic rings. The fourth-order valence-corrected chi connectivity index (χ4v) is 2.33. The minimum Gasteiger partial charge on any atom is -0.369 e. The maximum atomic E-state index is 12.0. The van der Waals surface area contributed by atoms with Gasteiger partial charge in [0, 0.05) is 19.0 Å². The number of benzene rings is 1. The van der Waals surface area contributed by atoms with Crippen LogP contribution in [0.2, 0.25) is 0 Å². The molecule has 0 bridgehead atoms. The van der Waals surface area contributed by atoms with Crippen molar-refractivity contribution in [1.29, 1.82) is 0 Å². The van der Waals surface area contributed by atoms with Crippen LogP contribution in [0.1, 0.15) is 18.4 Å². The van der Waals surface area contributed by atoms with Crippen LogP contribution in [-0.2, 0) is 16.0 Å². The van der Waals surface area contributed by atoms with Crippen molar-refractivity contribution in [3.8, 4) is 0 Å². The fraction of sp³-hybridized carbons (Fsp3) is 0.400. The summed E-state index contributed by atoms with van der Waals surface area (Å²) < 4.78 is 0. The number of carbonyl (C=O) groups is 2. The van der Waals surface area contributed by atoms with Crippen LogP contribution in [0.4, 0.5) is 0 Å². The molecule has 1 aliphatic heterocycles. The molecule has 2 amide bonds. The van der Waals surface area contributed by atoms with Gasteiger partial charge in [0.25, 0.3) is 0 Å². The Labute approximate surface area is 113 Å². The van der Waals surface area contributed by atoms with E-state index in [0.29, 0.717) is 32.4 Å². The van der Waals surface area contributed by atoms with E-state index in [4.69, 9.17) is 5.73 Å². The second kappa shape index (κ2) is 6.36. The second-order valence-corrected chi connectivity index (χ2v) is 4.90. The summed E-state index contributed by atoms with van der Waals surface area (Å²) in [7, 11) is 0. The SMILES string of the molecule is NC(=O)C1CCN(C(=O)[CH]Cc2ccccc2)CC1. The van der Waals surface area contributed by atoms with Gasteiger partial charge in [0.15, 0.2) is 0 Å². The van der Waals surface area contributed by atoms with Crippen LogP contribution in [-0.4, -0.2) is 29.8 Å². The second-order valence-electron chi connectivity index (χ2n) is 4.90. The lowest BCUT2D eigenvalue weighted by Gasteiger charge is -2.30. The molecule has 1 fully saturated rings. The smallest absolute Gasteiger partial charge is 0.226 e. The average Bonchev–Trinajstić information content (AvgIpc) is 2.46. The Morgan fingerprint density at radius 2 is 1.84 bits per heavy atom. The molecule has 0 spiro atoms. The number of rotatable bonds is 4. The fourth-order valence-electron chi connectivity index (χ4n) is 2.33. The van der Waals surface area contributed by atoms with Gasteiger partial charge in [-0.25, -0.2) is 0 Å². The van der Waals surface area contributed by atoms with E-state index < -0.39 is 0 Å². The Hall–Kier alpha value is -1.84. The molecule has 1 saturated heterocycles. The van der Waals surface area contributed by atoms with E-state index in [9.17, 15) is 9.59 Å². The standard InChI is InChI=1S/C15H19N2O2/c16-15(19)13-8-10-17(11-9-13)14(18)7-6-12-4-2-1-3-5-12/h1-5,7,13H,6,8-11H2,(H2,16,19). The molecule has 4 heteroatoms. The van der Waals surface area contributed by atoms with Crippen molar-refractivity contribution >= 4 is 11.8 Å². The lowest BCUT2D eigenvalue weighted by molar-refractivity contribution is -0.132. The first kappa shape index (κ1) is 13.6. The molecular weight excluding hydrogens is 240 g/mol. The number of nitrogens with two attached hydrogens (primary N) is 1. The Morgan fingerprint density at radius 3 is 2.42 bits per heavy atom. The summed E-state index contributed by atoms with van der Waals surface area (Å²) in [4.78, 5) is 24.8. The molecule has 4 nitrogen and oxygen atoms in total. The normalized spacial score (nSPS) is 16.3. The van der Waals surface area contributed by atoms with Crippen LogP contribution < -0.4 is 5.73 Å². The maximum absolute atomic E-state index is 12.0. The van der Waals surface area contributed by atoms with Crippen LogP contribution in [0, 0.1) is 12.3 Å².